The Morgan fingerprint density at radius 1 is 0.700 bits per heavy atom. The Kier molecular flexibility index (Phi) is 16.0. The average Bonchev–Trinajstić information content (AvgIpc) is 3.71. The quantitative estimate of drug-likeness (QED) is 0.0724. The molecule has 2 saturated heterocycles. The molecule has 18 heteroatoms. The van der Waals surface area contributed by atoms with E-state index in [1.807, 2.05) is 13.8 Å². The Morgan fingerprint density at radius 2 is 1.20 bits per heavy atom. The summed E-state index contributed by atoms with van der Waals surface area (Å²) in [5.74, 6) is -6.43. The van der Waals surface area contributed by atoms with Crippen molar-refractivity contribution >= 4 is 47.3 Å². The van der Waals surface area contributed by atoms with Gasteiger partial charge < -0.3 is 52.7 Å². The van der Waals surface area contributed by atoms with E-state index in [1.54, 1.807) is 13.8 Å². The first-order valence-electron chi connectivity index (χ1n) is 17.1. The number of likely N-dealkylation sites (tertiary alicyclic amines) is 2. The van der Waals surface area contributed by atoms with Gasteiger partial charge in [-0.05, 0) is 57.3 Å². The maximum Gasteiger partial charge on any atom is 0.326 e. The van der Waals surface area contributed by atoms with Gasteiger partial charge in [0.1, 0.15) is 36.3 Å². The molecule has 0 bridgehead atoms. The number of hydrogen-bond donors (Lipinski definition) is 8. The molecule has 0 unspecified atom stereocenters. The van der Waals surface area contributed by atoms with Crippen LogP contribution in [0.2, 0.25) is 0 Å². The molecule has 0 spiro atoms. The molecule has 50 heavy (non-hydrogen) atoms. The Morgan fingerprint density at radius 3 is 1.72 bits per heavy atom. The molecule has 0 aromatic rings. The van der Waals surface area contributed by atoms with Gasteiger partial charge in [-0.1, -0.05) is 27.7 Å². The van der Waals surface area contributed by atoms with E-state index in [0.717, 1.165) is 0 Å². The van der Waals surface area contributed by atoms with Crippen LogP contribution < -0.4 is 32.7 Å². The Bertz CT molecular complexity index is 1280. The lowest BCUT2D eigenvalue weighted by atomic mass is 10.0. The summed E-state index contributed by atoms with van der Waals surface area (Å²) in [6.07, 6.45) is 1.25. The minimum absolute atomic E-state index is 0.0600. The van der Waals surface area contributed by atoms with E-state index in [4.69, 9.17) is 11.5 Å². The first kappa shape index (κ1) is 41.8. The molecule has 2 heterocycles. The molecule has 2 aliphatic rings. The van der Waals surface area contributed by atoms with Crippen molar-refractivity contribution in [2.45, 2.75) is 122 Å². The molecule has 0 radical (unpaired) electrons. The highest BCUT2D eigenvalue weighted by molar-refractivity contribution is 5.98. The maximum absolute atomic E-state index is 13.9. The number of carboxylic acid groups (broad SMARTS) is 1. The number of nitrogens with two attached hydrogens (primary N) is 2. The number of hydrogen-bond acceptors (Lipinski definition) is 10. The largest absolute Gasteiger partial charge is 0.480 e. The summed E-state index contributed by atoms with van der Waals surface area (Å²) >= 11 is 0. The number of nitrogens with one attached hydrogen (secondary N) is 4. The highest BCUT2D eigenvalue weighted by Gasteiger charge is 2.44. The molecular formula is C32H54N8O10. The number of aliphatic hydroxyl groups is 1. The van der Waals surface area contributed by atoms with Crippen LogP contribution in [0, 0.1) is 11.8 Å². The molecule has 10 N–H and O–H groups in total. The van der Waals surface area contributed by atoms with Crippen LogP contribution in [0.1, 0.15) is 79.6 Å². The Labute approximate surface area is 291 Å². The maximum atomic E-state index is 13.9. The molecule has 0 saturated carbocycles. The second-order valence-corrected chi connectivity index (χ2v) is 13.9. The first-order chi connectivity index (χ1) is 23.4. The number of nitrogens with zero attached hydrogens (tertiary/aromatic N) is 2. The van der Waals surface area contributed by atoms with Crippen LogP contribution in [0.15, 0.2) is 0 Å². The lowest BCUT2D eigenvalue weighted by Gasteiger charge is -2.33. The summed E-state index contributed by atoms with van der Waals surface area (Å²) in [6.45, 7) is 8.14. The van der Waals surface area contributed by atoms with Gasteiger partial charge in [0, 0.05) is 13.1 Å². The zero-order chi connectivity index (χ0) is 37.9. The van der Waals surface area contributed by atoms with Gasteiger partial charge in [0.05, 0.1) is 19.1 Å². The van der Waals surface area contributed by atoms with Crippen molar-refractivity contribution in [2.75, 3.05) is 19.7 Å². The second-order valence-electron chi connectivity index (χ2n) is 13.9. The average molecular weight is 711 g/mol. The van der Waals surface area contributed by atoms with Crippen molar-refractivity contribution in [3.05, 3.63) is 0 Å². The lowest BCUT2D eigenvalue weighted by molar-refractivity contribution is -0.148. The summed E-state index contributed by atoms with van der Waals surface area (Å²) in [5.41, 5.74) is 10.9. The molecular weight excluding hydrogens is 656 g/mol. The van der Waals surface area contributed by atoms with E-state index in [2.05, 4.69) is 21.3 Å². The number of carbonyl (C=O) groups excluding carboxylic acids is 7. The third kappa shape index (κ3) is 11.9. The molecule has 282 valence electrons. The third-order valence-electron chi connectivity index (χ3n) is 8.57. The van der Waals surface area contributed by atoms with Gasteiger partial charge >= 0.3 is 5.97 Å². The van der Waals surface area contributed by atoms with Gasteiger partial charge in [-0.15, -0.1) is 0 Å². The van der Waals surface area contributed by atoms with Crippen LogP contribution in [0.25, 0.3) is 0 Å². The van der Waals surface area contributed by atoms with E-state index in [-0.39, 0.29) is 50.6 Å². The number of aliphatic hydroxyl groups excluding tert-OH is 1. The summed E-state index contributed by atoms with van der Waals surface area (Å²) < 4.78 is 0. The summed E-state index contributed by atoms with van der Waals surface area (Å²) in [4.78, 5) is 105. The van der Waals surface area contributed by atoms with Crippen LogP contribution in [0.3, 0.4) is 0 Å². The SMILES string of the molecule is CC(C)C[C@H](NC(=O)[C@H](CO)NC(=O)[C@H](CC(C)C)NC(=O)[C@@H]1CCCN1C(=O)[C@@H]1CCCN1C(=O)[C@H](CC(N)=O)NC(=O)[C@H](C)N)C(=O)O. The summed E-state index contributed by atoms with van der Waals surface area (Å²) in [7, 11) is 0. The molecule has 7 amide bonds. The number of amides is 7. The predicted octanol–water partition coefficient (Wildman–Crippen LogP) is -2.70. The third-order valence-corrected chi connectivity index (χ3v) is 8.57. The van der Waals surface area contributed by atoms with Crippen molar-refractivity contribution < 1.29 is 48.6 Å². The highest BCUT2D eigenvalue weighted by Crippen LogP contribution is 2.26. The molecule has 2 rings (SSSR count). The summed E-state index contributed by atoms with van der Waals surface area (Å²) in [5, 5.41) is 29.2. The van der Waals surface area contributed by atoms with E-state index < -0.39 is 103 Å². The number of rotatable bonds is 18. The molecule has 2 aliphatic heterocycles. The standard InChI is InChI=1S/C32H54N8O10/c1-16(2)12-19(27(44)38-22(15-41)28(45)37-21(32(49)50)13-17(3)4)35-29(46)23-8-6-10-39(23)31(48)24-9-7-11-40(24)30(47)20(14-25(34)42)36-26(43)18(5)33/h16-24,41H,6-15,33H2,1-5H3,(H2,34,42)(H,35,46)(H,36,43)(H,37,45)(H,38,44)(H,49,50)/t18-,19-,20-,21-,22-,23-,24-/m0/s1. The van der Waals surface area contributed by atoms with Crippen molar-refractivity contribution in [2.24, 2.45) is 23.3 Å². The fourth-order valence-corrected chi connectivity index (χ4v) is 6.09. The minimum Gasteiger partial charge on any atom is -0.480 e. The van der Waals surface area contributed by atoms with E-state index in [1.165, 1.54) is 16.7 Å². The molecule has 18 nitrogen and oxygen atoms in total. The van der Waals surface area contributed by atoms with Gasteiger partial charge in [0.25, 0.3) is 0 Å². The molecule has 7 atom stereocenters. The predicted molar refractivity (Wildman–Crippen MR) is 178 cm³/mol. The van der Waals surface area contributed by atoms with Crippen molar-refractivity contribution in [3.8, 4) is 0 Å². The first-order valence-corrected chi connectivity index (χ1v) is 17.1. The Hall–Kier alpha value is -4.32. The normalized spacial score (nSPS) is 20.4. The van der Waals surface area contributed by atoms with Crippen molar-refractivity contribution in [3.63, 3.8) is 0 Å². The number of carboxylic acids is 1. The van der Waals surface area contributed by atoms with Crippen LogP contribution in [-0.4, -0.2) is 129 Å². The van der Waals surface area contributed by atoms with Crippen LogP contribution in [0.5, 0.6) is 0 Å². The lowest BCUT2D eigenvalue weighted by Crippen LogP contribution is -2.60. The number of carbonyl (C=O) groups is 8. The van der Waals surface area contributed by atoms with Crippen LogP contribution >= 0.6 is 0 Å². The van der Waals surface area contributed by atoms with Gasteiger partial charge in [0.15, 0.2) is 0 Å². The van der Waals surface area contributed by atoms with Gasteiger partial charge in [-0.25, -0.2) is 4.79 Å². The topological polar surface area (TPSA) is 284 Å². The monoisotopic (exact) mass is 710 g/mol. The fourth-order valence-electron chi connectivity index (χ4n) is 6.09. The number of aliphatic carboxylic acids is 1. The fraction of sp³-hybridized carbons (Fsp3) is 0.750. The van der Waals surface area contributed by atoms with E-state index in [0.29, 0.717) is 12.8 Å². The van der Waals surface area contributed by atoms with Crippen molar-refractivity contribution in [1.82, 2.24) is 31.1 Å². The minimum atomic E-state index is -1.49. The molecule has 2 fully saturated rings. The number of primary amides is 1. The molecule has 0 aromatic carbocycles. The van der Waals surface area contributed by atoms with Gasteiger partial charge in [-0.2, -0.15) is 0 Å². The molecule has 0 aliphatic carbocycles. The Balaban J connectivity index is 2.19. The zero-order valence-corrected chi connectivity index (χ0v) is 29.5. The van der Waals surface area contributed by atoms with E-state index >= 15 is 0 Å². The van der Waals surface area contributed by atoms with Gasteiger partial charge in [0.2, 0.25) is 41.4 Å². The zero-order valence-electron chi connectivity index (χ0n) is 29.5. The summed E-state index contributed by atoms with van der Waals surface area (Å²) in [6, 6.07) is -8.14. The van der Waals surface area contributed by atoms with Gasteiger partial charge in [-0.3, -0.25) is 33.6 Å². The van der Waals surface area contributed by atoms with Crippen molar-refractivity contribution in [1.29, 1.82) is 0 Å². The van der Waals surface area contributed by atoms with Crippen LogP contribution in [0.4, 0.5) is 0 Å². The second kappa shape index (κ2) is 19.2. The van der Waals surface area contributed by atoms with E-state index in [9.17, 15) is 48.6 Å². The smallest absolute Gasteiger partial charge is 0.326 e. The molecule has 0 aromatic heterocycles. The van der Waals surface area contributed by atoms with Crippen LogP contribution in [-0.2, 0) is 38.4 Å². The highest BCUT2D eigenvalue weighted by atomic mass is 16.4.